The molecule has 0 atom stereocenters. The molecule has 0 fully saturated rings. The molecule has 0 saturated carbocycles. The molecule has 0 saturated heterocycles. The van der Waals surface area contributed by atoms with Crippen molar-refractivity contribution in [1.29, 1.82) is 0 Å². The zero-order chi connectivity index (χ0) is 13.4. The number of anilines is 1. The summed E-state index contributed by atoms with van der Waals surface area (Å²) in [5.41, 5.74) is 1.39. The number of hydrogen-bond donors (Lipinski definition) is 1. The van der Waals surface area contributed by atoms with Crippen LogP contribution >= 0.6 is 0 Å². The molecule has 3 nitrogen and oxygen atoms in total. The minimum atomic E-state index is -0.106. The average molecular weight is 243 g/mol. The van der Waals surface area contributed by atoms with Crippen LogP contribution in [-0.2, 0) is 4.79 Å². The second kappa shape index (κ2) is 7.18. The fourth-order valence-electron chi connectivity index (χ4n) is 1.42. The summed E-state index contributed by atoms with van der Waals surface area (Å²) in [6, 6.07) is 7.15. The van der Waals surface area contributed by atoms with Gasteiger partial charge in [0, 0.05) is 17.3 Å². The van der Waals surface area contributed by atoms with E-state index in [0.29, 0.717) is 17.0 Å². The van der Waals surface area contributed by atoms with Crippen molar-refractivity contribution in [3.63, 3.8) is 0 Å². The Bertz CT molecular complexity index is 484. The van der Waals surface area contributed by atoms with E-state index in [4.69, 9.17) is 11.2 Å². The number of hydrogen-bond acceptors (Lipinski definition) is 2. The lowest BCUT2D eigenvalue weighted by Gasteiger charge is -2.07. The van der Waals surface area contributed by atoms with E-state index in [0.717, 1.165) is 6.42 Å². The average Bonchev–Trinajstić information content (AvgIpc) is 2.37. The highest BCUT2D eigenvalue weighted by Crippen LogP contribution is 2.17. The number of benzene rings is 1. The Morgan fingerprint density at radius 1 is 1.56 bits per heavy atom. The summed E-state index contributed by atoms with van der Waals surface area (Å²) in [5, 5.41) is 2.80. The van der Waals surface area contributed by atoms with Crippen LogP contribution in [0.15, 0.2) is 35.9 Å². The SMILES string of the molecule is C#CCOc1cccc(NC(=O)/C(C)=C\CC)c1. The van der Waals surface area contributed by atoms with Gasteiger partial charge in [0.25, 0.3) is 5.91 Å². The zero-order valence-electron chi connectivity index (χ0n) is 10.7. The molecule has 1 rings (SSSR count). The number of terminal acetylenes is 1. The highest BCUT2D eigenvalue weighted by atomic mass is 16.5. The van der Waals surface area contributed by atoms with Gasteiger partial charge in [-0.15, -0.1) is 6.42 Å². The fraction of sp³-hybridized carbons (Fsp3) is 0.267. The second-order valence-corrected chi connectivity index (χ2v) is 3.77. The van der Waals surface area contributed by atoms with Crippen molar-refractivity contribution in [2.45, 2.75) is 20.3 Å². The molecule has 1 aromatic carbocycles. The number of carbonyl (C=O) groups excluding carboxylic acids is 1. The first kappa shape index (κ1) is 13.9. The minimum Gasteiger partial charge on any atom is -0.481 e. The molecule has 18 heavy (non-hydrogen) atoms. The summed E-state index contributed by atoms with van der Waals surface area (Å²) in [4.78, 5) is 11.8. The van der Waals surface area contributed by atoms with Crippen LogP contribution in [0, 0.1) is 12.3 Å². The Balaban J connectivity index is 2.70. The Kier molecular flexibility index (Phi) is 5.53. The normalized spacial score (nSPS) is 10.6. The minimum absolute atomic E-state index is 0.106. The lowest BCUT2D eigenvalue weighted by molar-refractivity contribution is -0.112. The van der Waals surface area contributed by atoms with Gasteiger partial charge >= 0.3 is 0 Å². The molecule has 1 amide bonds. The topological polar surface area (TPSA) is 38.3 Å². The maximum Gasteiger partial charge on any atom is 0.250 e. The van der Waals surface area contributed by atoms with Gasteiger partial charge in [-0.3, -0.25) is 4.79 Å². The van der Waals surface area contributed by atoms with Gasteiger partial charge in [0.15, 0.2) is 0 Å². The third-order valence-electron chi connectivity index (χ3n) is 2.28. The summed E-state index contributed by atoms with van der Waals surface area (Å²) in [6.07, 6.45) is 7.84. The summed E-state index contributed by atoms with van der Waals surface area (Å²) in [7, 11) is 0. The Morgan fingerprint density at radius 2 is 2.33 bits per heavy atom. The molecular weight excluding hydrogens is 226 g/mol. The second-order valence-electron chi connectivity index (χ2n) is 3.77. The fourth-order valence-corrected chi connectivity index (χ4v) is 1.42. The van der Waals surface area contributed by atoms with E-state index in [-0.39, 0.29) is 12.5 Å². The van der Waals surface area contributed by atoms with Crippen LogP contribution in [0.25, 0.3) is 0 Å². The standard InChI is InChI=1S/C15H17NO2/c1-4-7-12(3)15(17)16-13-8-6-9-14(11-13)18-10-5-2/h2,6-9,11H,4,10H2,1,3H3,(H,16,17)/b12-7-. The number of rotatable bonds is 5. The van der Waals surface area contributed by atoms with Gasteiger partial charge in [-0.05, 0) is 25.5 Å². The van der Waals surface area contributed by atoms with Crippen LogP contribution in [0.3, 0.4) is 0 Å². The molecule has 0 unspecified atom stereocenters. The van der Waals surface area contributed by atoms with Crippen LogP contribution in [0.1, 0.15) is 20.3 Å². The Morgan fingerprint density at radius 3 is 3.00 bits per heavy atom. The van der Waals surface area contributed by atoms with E-state index >= 15 is 0 Å². The number of amides is 1. The van der Waals surface area contributed by atoms with E-state index in [9.17, 15) is 4.79 Å². The van der Waals surface area contributed by atoms with Crippen molar-refractivity contribution >= 4 is 11.6 Å². The summed E-state index contributed by atoms with van der Waals surface area (Å²) >= 11 is 0. The lowest BCUT2D eigenvalue weighted by Crippen LogP contribution is -2.12. The van der Waals surface area contributed by atoms with Crippen molar-refractivity contribution < 1.29 is 9.53 Å². The molecule has 0 aliphatic rings. The number of carbonyl (C=O) groups is 1. The molecule has 0 aromatic heterocycles. The van der Waals surface area contributed by atoms with E-state index < -0.39 is 0 Å². The molecule has 0 aliphatic carbocycles. The molecular formula is C15H17NO2. The highest BCUT2D eigenvalue weighted by molar-refractivity contribution is 6.03. The van der Waals surface area contributed by atoms with E-state index in [1.165, 1.54) is 0 Å². The predicted octanol–water partition coefficient (Wildman–Crippen LogP) is 2.99. The summed E-state index contributed by atoms with van der Waals surface area (Å²) in [5.74, 6) is 2.93. The van der Waals surface area contributed by atoms with Gasteiger partial charge in [0.2, 0.25) is 0 Å². The third-order valence-corrected chi connectivity index (χ3v) is 2.28. The van der Waals surface area contributed by atoms with Gasteiger partial charge in [0.1, 0.15) is 12.4 Å². The predicted molar refractivity (Wildman–Crippen MR) is 73.4 cm³/mol. The van der Waals surface area contributed by atoms with Gasteiger partial charge in [-0.2, -0.15) is 0 Å². The first-order valence-electron chi connectivity index (χ1n) is 5.81. The maximum atomic E-state index is 11.8. The lowest BCUT2D eigenvalue weighted by atomic mass is 10.2. The Hall–Kier alpha value is -2.21. The smallest absolute Gasteiger partial charge is 0.250 e. The van der Waals surface area contributed by atoms with Crippen molar-refractivity contribution in [1.82, 2.24) is 0 Å². The first-order valence-corrected chi connectivity index (χ1v) is 5.81. The quantitative estimate of drug-likeness (QED) is 0.637. The van der Waals surface area contributed by atoms with Crippen LogP contribution < -0.4 is 10.1 Å². The molecule has 0 bridgehead atoms. The van der Waals surface area contributed by atoms with Crippen molar-refractivity contribution in [2.24, 2.45) is 0 Å². The molecule has 0 heterocycles. The van der Waals surface area contributed by atoms with Crippen molar-refractivity contribution in [3.05, 3.63) is 35.9 Å². The van der Waals surface area contributed by atoms with Crippen LogP contribution in [0.2, 0.25) is 0 Å². The van der Waals surface area contributed by atoms with Gasteiger partial charge in [-0.25, -0.2) is 0 Å². The molecule has 0 radical (unpaired) electrons. The molecule has 1 N–H and O–H groups in total. The van der Waals surface area contributed by atoms with E-state index in [2.05, 4.69) is 11.2 Å². The van der Waals surface area contributed by atoms with Crippen LogP contribution in [0.5, 0.6) is 5.75 Å². The number of allylic oxidation sites excluding steroid dienone is 1. The summed E-state index contributed by atoms with van der Waals surface area (Å²) < 4.78 is 5.28. The molecule has 3 heteroatoms. The van der Waals surface area contributed by atoms with Crippen LogP contribution in [-0.4, -0.2) is 12.5 Å². The van der Waals surface area contributed by atoms with Gasteiger partial charge in [-0.1, -0.05) is 25.0 Å². The largest absolute Gasteiger partial charge is 0.481 e. The zero-order valence-corrected chi connectivity index (χ0v) is 10.7. The maximum absolute atomic E-state index is 11.8. The van der Waals surface area contributed by atoms with Gasteiger partial charge in [0.05, 0.1) is 0 Å². The Labute approximate surface area is 108 Å². The van der Waals surface area contributed by atoms with E-state index in [1.807, 2.05) is 13.0 Å². The highest BCUT2D eigenvalue weighted by Gasteiger charge is 2.04. The number of ether oxygens (including phenoxy) is 1. The van der Waals surface area contributed by atoms with E-state index in [1.54, 1.807) is 31.2 Å². The van der Waals surface area contributed by atoms with Crippen molar-refractivity contribution in [2.75, 3.05) is 11.9 Å². The van der Waals surface area contributed by atoms with Crippen LogP contribution in [0.4, 0.5) is 5.69 Å². The molecule has 0 aliphatic heterocycles. The summed E-state index contributed by atoms with van der Waals surface area (Å²) in [6.45, 7) is 3.99. The molecule has 1 aromatic rings. The van der Waals surface area contributed by atoms with Crippen molar-refractivity contribution in [3.8, 4) is 18.1 Å². The monoisotopic (exact) mass is 243 g/mol. The van der Waals surface area contributed by atoms with Gasteiger partial charge < -0.3 is 10.1 Å². The molecule has 0 spiro atoms. The number of nitrogens with one attached hydrogen (secondary N) is 1. The first-order chi connectivity index (χ1) is 8.67. The molecule has 94 valence electrons. The third kappa shape index (κ3) is 4.34.